The number of amides is 1. The van der Waals surface area contributed by atoms with Crippen molar-refractivity contribution in [3.8, 4) is 0 Å². The number of benzene rings is 1. The van der Waals surface area contributed by atoms with Crippen LogP contribution >= 0.6 is 0 Å². The number of hydrogen-bond acceptors (Lipinski definition) is 2. The van der Waals surface area contributed by atoms with Crippen LogP contribution in [-0.2, 0) is 11.3 Å². The molecule has 0 aliphatic carbocycles. The average Bonchev–Trinajstić information content (AvgIpc) is 3.31. The van der Waals surface area contributed by atoms with Gasteiger partial charge in [-0.05, 0) is 49.9 Å². The molecule has 0 saturated carbocycles. The average molecular weight is 336 g/mol. The summed E-state index contributed by atoms with van der Waals surface area (Å²) in [5, 5.41) is 0. The van der Waals surface area contributed by atoms with E-state index in [9.17, 15) is 4.79 Å². The van der Waals surface area contributed by atoms with Gasteiger partial charge in [0.2, 0.25) is 5.91 Å². The van der Waals surface area contributed by atoms with Crippen LogP contribution in [0.1, 0.15) is 44.0 Å². The van der Waals surface area contributed by atoms with E-state index in [4.69, 9.17) is 4.98 Å². The molecule has 2 aromatic heterocycles. The zero-order valence-corrected chi connectivity index (χ0v) is 14.4. The molecule has 1 N–H and O–H groups in total. The molecule has 5 nitrogen and oxygen atoms in total. The van der Waals surface area contributed by atoms with Gasteiger partial charge in [0.15, 0.2) is 0 Å². The van der Waals surface area contributed by atoms with E-state index in [0.29, 0.717) is 6.42 Å². The molecule has 130 valence electrons. The second-order valence-electron chi connectivity index (χ2n) is 6.76. The standard InChI is InChI=1S/C20H24N4O/c25-19(11-7-14-23-12-5-6-13-23)24-15-4-3-10-18(24)20-21-16-8-1-2-9-17(16)22-20/h1-2,5-6,8-9,12-13,18H,3-4,7,10-11,14-15H2,(H,21,22)/t18-/m1/s1. The minimum Gasteiger partial charge on any atom is -0.354 e. The maximum Gasteiger partial charge on any atom is 0.223 e. The number of carbonyl (C=O) groups is 1. The molecule has 1 aliphatic rings. The number of fused-ring (bicyclic) bond motifs is 1. The number of likely N-dealkylation sites (tertiary alicyclic amines) is 1. The number of nitrogens with zero attached hydrogens (tertiary/aromatic N) is 3. The van der Waals surface area contributed by atoms with Crippen LogP contribution in [0.4, 0.5) is 0 Å². The summed E-state index contributed by atoms with van der Waals surface area (Å²) in [5.41, 5.74) is 2.02. The van der Waals surface area contributed by atoms with Gasteiger partial charge >= 0.3 is 0 Å². The maximum atomic E-state index is 12.8. The lowest BCUT2D eigenvalue weighted by Crippen LogP contribution is -2.39. The Labute approximate surface area is 147 Å². The van der Waals surface area contributed by atoms with Crippen molar-refractivity contribution in [2.45, 2.75) is 44.7 Å². The quantitative estimate of drug-likeness (QED) is 0.768. The lowest BCUT2D eigenvalue weighted by atomic mass is 10.0. The molecule has 0 bridgehead atoms. The smallest absolute Gasteiger partial charge is 0.223 e. The Morgan fingerprint density at radius 3 is 2.84 bits per heavy atom. The summed E-state index contributed by atoms with van der Waals surface area (Å²) in [4.78, 5) is 23.0. The summed E-state index contributed by atoms with van der Waals surface area (Å²) in [6.45, 7) is 1.73. The number of hydrogen-bond donors (Lipinski definition) is 1. The van der Waals surface area contributed by atoms with Crippen molar-refractivity contribution >= 4 is 16.9 Å². The molecule has 25 heavy (non-hydrogen) atoms. The van der Waals surface area contributed by atoms with Crippen LogP contribution in [0.5, 0.6) is 0 Å². The number of piperidine rings is 1. The number of aromatic amines is 1. The van der Waals surface area contributed by atoms with Crippen LogP contribution in [0.3, 0.4) is 0 Å². The summed E-state index contributed by atoms with van der Waals surface area (Å²) in [6.07, 6.45) is 8.77. The van der Waals surface area contributed by atoms with Gasteiger partial charge in [-0.2, -0.15) is 0 Å². The molecule has 1 saturated heterocycles. The predicted octanol–water partition coefficient (Wildman–Crippen LogP) is 3.90. The lowest BCUT2D eigenvalue weighted by molar-refractivity contribution is -0.135. The van der Waals surface area contributed by atoms with E-state index < -0.39 is 0 Å². The number of imidazole rings is 1. The van der Waals surface area contributed by atoms with Gasteiger partial charge in [0, 0.05) is 31.9 Å². The Hall–Kier alpha value is -2.56. The van der Waals surface area contributed by atoms with Gasteiger partial charge in [-0.1, -0.05) is 12.1 Å². The SMILES string of the molecule is O=C(CCCn1cccc1)N1CCCC[C@@H]1c1nc2ccccc2[nH]1. The zero-order valence-electron chi connectivity index (χ0n) is 14.4. The van der Waals surface area contributed by atoms with Crippen LogP contribution in [0.15, 0.2) is 48.8 Å². The first-order valence-corrected chi connectivity index (χ1v) is 9.16. The molecular formula is C20H24N4O. The molecule has 1 fully saturated rings. The summed E-state index contributed by atoms with van der Waals surface area (Å²) in [7, 11) is 0. The van der Waals surface area contributed by atoms with E-state index in [1.165, 1.54) is 0 Å². The summed E-state index contributed by atoms with van der Waals surface area (Å²) < 4.78 is 2.13. The second kappa shape index (κ2) is 7.13. The number of nitrogens with one attached hydrogen (secondary N) is 1. The highest BCUT2D eigenvalue weighted by molar-refractivity contribution is 5.77. The van der Waals surface area contributed by atoms with Gasteiger partial charge in [-0.15, -0.1) is 0 Å². The molecule has 1 atom stereocenters. The number of H-pyrrole nitrogens is 1. The molecule has 1 aliphatic heterocycles. The van der Waals surface area contributed by atoms with E-state index in [1.807, 2.05) is 53.7 Å². The number of aromatic nitrogens is 3. The Balaban J connectivity index is 1.45. The number of para-hydroxylation sites is 2. The minimum atomic E-state index is 0.0835. The van der Waals surface area contributed by atoms with Gasteiger partial charge < -0.3 is 14.5 Å². The molecule has 0 unspecified atom stereocenters. The molecule has 5 heteroatoms. The molecule has 0 spiro atoms. The third-order valence-electron chi connectivity index (χ3n) is 5.02. The number of carbonyl (C=O) groups excluding carboxylic acids is 1. The predicted molar refractivity (Wildman–Crippen MR) is 98.1 cm³/mol. The molecule has 3 heterocycles. The number of rotatable bonds is 5. The van der Waals surface area contributed by atoms with E-state index in [-0.39, 0.29) is 11.9 Å². The fraction of sp³-hybridized carbons (Fsp3) is 0.400. The molecular weight excluding hydrogens is 312 g/mol. The van der Waals surface area contributed by atoms with Gasteiger partial charge in [0.05, 0.1) is 17.1 Å². The maximum absolute atomic E-state index is 12.8. The molecule has 3 aromatic rings. The Morgan fingerprint density at radius 1 is 1.16 bits per heavy atom. The molecule has 4 rings (SSSR count). The molecule has 1 aromatic carbocycles. The first kappa shape index (κ1) is 15.9. The fourth-order valence-corrected chi connectivity index (χ4v) is 3.72. The van der Waals surface area contributed by atoms with Crippen LogP contribution in [-0.4, -0.2) is 31.9 Å². The number of aryl methyl sites for hydroxylation is 1. The summed E-state index contributed by atoms with van der Waals surface area (Å²) in [5.74, 6) is 1.18. The third kappa shape index (κ3) is 3.45. The third-order valence-corrected chi connectivity index (χ3v) is 5.02. The van der Waals surface area contributed by atoms with E-state index >= 15 is 0 Å². The van der Waals surface area contributed by atoms with Crippen LogP contribution in [0.25, 0.3) is 11.0 Å². The Kier molecular flexibility index (Phi) is 4.55. The van der Waals surface area contributed by atoms with Gasteiger partial charge in [0.25, 0.3) is 0 Å². The van der Waals surface area contributed by atoms with Crippen LogP contribution in [0.2, 0.25) is 0 Å². The second-order valence-corrected chi connectivity index (χ2v) is 6.76. The van der Waals surface area contributed by atoms with Crippen LogP contribution in [0, 0.1) is 0 Å². The highest BCUT2D eigenvalue weighted by Gasteiger charge is 2.29. The zero-order chi connectivity index (χ0) is 17.1. The van der Waals surface area contributed by atoms with E-state index in [2.05, 4.69) is 9.55 Å². The Morgan fingerprint density at radius 2 is 2.00 bits per heavy atom. The van der Waals surface area contributed by atoms with Crippen molar-refractivity contribution in [2.24, 2.45) is 0 Å². The first-order valence-electron chi connectivity index (χ1n) is 9.16. The van der Waals surface area contributed by atoms with Crippen molar-refractivity contribution < 1.29 is 4.79 Å². The van der Waals surface area contributed by atoms with Gasteiger partial charge in [0.1, 0.15) is 5.82 Å². The lowest BCUT2D eigenvalue weighted by Gasteiger charge is -2.34. The van der Waals surface area contributed by atoms with Crippen molar-refractivity contribution in [3.63, 3.8) is 0 Å². The minimum absolute atomic E-state index is 0.0835. The van der Waals surface area contributed by atoms with Crippen LogP contribution < -0.4 is 0 Å². The first-order chi connectivity index (χ1) is 12.3. The topological polar surface area (TPSA) is 53.9 Å². The fourth-order valence-electron chi connectivity index (χ4n) is 3.72. The largest absolute Gasteiger partial charge is 0.354 e. The highest BCUT2D eigenvalue weighted by Crippen LogP contribution is 2.31. The van der Waals surface area contributed by atoms with E-state index in [1.54, 1.807) is 0 Å². The van der Waals surface area contributed by atoms with E-state index in [0.717, 1.165) is 55.6 Å². The summed E-state index contributed by atoms with van der Waals surface area (Å²) >= 11 is 0. The molecule has 0 radical (unpaired) electrons. The van der Waals surface area contributed by atoms with Crippen molar-refractivity contribution in [3.05, 3.63) is 54.6 Å². The van der Waals surface area contributed by atoms with Crippen molar-refractivity contribution in [2.75, 3.05) is 6.54 Å². The van der Waals surface area contributed by atoms with Gasteiger partial charge in [-0.3, -0.25) is 4.79 Å². The Bertz CT molecular complexity index is 803. The molecule has 1 amide bonds. The monoisotopic (exact) mass is 336 g/mol. The van der Waals surface area contributed by atoms with Crippen molar-refractivity contribution in [1.82, 2.24) is 19.4 Å². The van der Waals surface area contributed by atoms with Crippen molar-refractivity contribution in [1.29, 1.82) is 0 Å². The highest BCUT2D eigenvalue weighted by atomic mass is 16.2. The van der Waals surface area contributed by atoms with Gasteiger partial charge in [-0.25, -0.2) is 4.98 Å². The summed E-state index contributed by atoms with van der Waals surface area (Å²) in [6, 6.07) is 12.2. The normalized spacial score (nSPS) is 17.9.